The summed E-state index contributed by atoms with van der Waals surface area (Å²) in [7, 11) is 0. The van der Waals surface area contributed by atoms with Crippen LogP contribution in [0.4, 0.5) is 5.69 Å². The summed E-state index contributed by atoms with van der Waals surface area (Å²) in [5.74, 6) is 0.651. The number of nitro groups is 1. The van der Waals surface area contributed by atoms with Crippen LogP contribution in [0.5, 0.6) is 0 Å². The van der Waals surface area contributed by atoms with Gasteiger partial charge in [-0.2, -0.15) is 0 Å². The number of nitrogens with one attached hydrogen (secondary N) is 1. The topological polar surface area (TPSA) is 71.8 Å². The Labute approximate surface area is 101 Å². The van der Waals surface area contributed by atoms with Crippen LogP contribution < -0.4 is 0 Å². The molecule has 1 aromatic carbocycles. The summed E-state index contributed by atoms with van der Waals surface area (Å²) in [6.45, 7) is 1.76. The minimum absolute atomic E-state index is 0.0243. The van der Waals surface area contributed by atoms with Crippen molar-refractivity contribution in [3.8, 4) is 0 Å². The summed E-state index contributed by atoms with van der Waals surface area (Å²) >= 11 is 6.41. The van der Waals surface area contributed by atoms with Gasteiger partial charge in [0.15, 0.2) is 5.52 Å². The molecule has 1 aromatic heterocycles. The van der Waals surface area contributed by atoms with Crippen LogP contribution in [0.3, 0.4) is 0 Å². The molecule has 0 atom stereocenters. The van der Waals surface area contributed by atoms with E-state index in [-0.39, 0.29) is 5.69 Å². The van der Waals surface area contributed by atoms with Gasteiger partial charge in [-0.15, -0.1) is 0 Å². The molecular formula is C8H5Br2N3O2. The first-order chi connectivity index (χ1) is 7.00. The number of rotatable bonds is 1. The SMILES string of the molecule is Cc1nc2c([N+](=O)[O-])c(Br)c(Br)cc2[nH]1. The van der Waals surface area contributed by atoms with Crippen molar-refractivity contribution in [3.63, 3.8) is 0 Å². The average molecular weight is 335 g/mol. The second-order valence-electron chi connectivity index (χ2n) is 3.00. The third-order valence-electron chi connectivity index (χ3n) is 1.95. The van der Waals surface area contributed by atoms with E-state index in [4.69, 9.17) is 0 Å². The second kappa shape index (κ2) is 3.57. The fraction of sp³-hybridized carbons (Fsp3) is 0.125. The zero-order valence-electron chi connectivity index (χ0n) is 7.54. The summed E-state index contributed by atoms with van der Waals surface area (Å²) in [5.41, 5.74) is 0.991. The molecule has 7 heteroatoms. The monoisotopic (exact) mass is 333 g/mol. The highest BCUT2D eigenvalue weighted by Gasteiger charge is 2.22. The lowest BCUT2D eigenvalue weighted by Gasteiger charge is -1.98. The summed E-state index contributed by atoms with van der Waals surface area (Å²) in [5, 5.41) is 10.9. The highest BCUT2D eigenvalue weighted by molar-refractivity contribution is 9.13. The summed E-state index contributed by atoms with van der Waals surface area (Å²) < 4.78 is 1.04. The fourth-order valence-corrected chi connectivity index (χ4v) is 2.23. The molecule has 0 saturated carbocycles. The lowest BCUT2D eigenvalue weighted by atomic mass is 10.3. The van der Waals surface area contributed by atoms with Gasteiger partial charge in [-0.05, 0) is 44.8 Å². The Kier molecular flexibility index (Phi) is 2.51. The zero-order chi connectivity index (χ0) is 11.2. The van der Waals surface area contributed by atoms with Crippen LogP contribution in [-0.2, 0) is 0 Å². The fourth-order valence-electron chi connectivity index (χ4n) is 1.37. The Bertz CT molecular complexity index is 565. The quantitative estimate of drug-likeness (QED) is 0.642. The third-order valence-corrected chi connectivity index (χ3v) is 3.91. The molecule has 78 valence electrons. The highest BCUT2D eigenvalue weighted by Crippen LogP contribution is 2.37. The summed E-state index contributed by atoms with van der Waals surface area (Å²) in [6.07, 6.45) is 0. The molecule has 0 radical (unpaired) electrons. The van der Waals surface area contributed by atoms with Crippen molar-refractivity contribution >= 4 is 48.6 Å². The van der Waals surface area contributed by atoms with Gasteiger partial charge in [0.2, 0.25) is 0 Å². The van der Waals surface area contributed by atoms with Crippen molar-refractivity contribution < 1.29 is 4.92 Å². The standard InChI is InChI=1S/C8H5Br2N3O2/c1-3-11-5-2-4(9)6(10)8(13(14)15)7(5)12-3/h2H,1H3,(H,11,12). The molecule has 0 fully saturated rings. The number of aryl methyl sites for hydroxylation is 1. The first-order valence-corrected chi connectivity index (χ1v) is 5.58. The first kappa shape index (κ1) is 10.6. The number of aromatic amines is 1. The molecule has 0 unspecified atom stereocenters. The number of nitro benzene ring substituents is 1. The summed E-state index contributed by atoms with van der Waals surface area (Å²) in [6, 6.07) is 1.76. The molecule has 0 saturated heterocycles. The van der Waals surface area contributed by atoms with Crippen molar-refractivity contribution in [1.82, 2.24) is 9.97 Å². The lowest BCUT2D eigenvalue weighted by Crippen LogP contribution is -1.91. The van der Waals surface area contributed by atoms with Crippen LogP contribution in [-0.4, -0.2) is 14.9 Å². The molecular weight excluding hydrogens is 330 g/mol. The Morgan fingerprint density at radius 2 is 2.20 bits per heavy atom. The van der Waals surface area contributed by atoms with Crippen molar-refractivity contribution in [2.24, 2.45) is 0 Å². The molecule has 2 rings (SSSR count). The van der Waals surface area contributed by atoms with Crippen molar-refractivity contribution in [1.29, 1.82) is 0 Å². The molecule has 5 nitrogen and oxygen atoms in total. The van der Waals surface area contributed by atoms with Gasteiger partial charge in [0.05, 0.1) is 10.4 Å². The highest BCUT2D eigenvalue weighted by atomic mass is 79.9. The Balaban J connectivity index is 2.94. The maximum Gasteiger partial charge on any atom is 0.312 e. The Morgan fingerprint density at radius 3 is 2.80 bits per heavy atom. The van der Waals surface area contributed by atoms with Crippen LogP contribution in [0.2, 0.25) is 0 Å². The van der Waals surface area contributed by atoms with Crippen LogP contribution >= 0.6 is 31.9 Å². The number of benzene rings is 1. The van der Waals surface area contributed by atoms with E-state index < -0.39 is 4.92 Å². The predicted octanol–water partition coefficient (Wildman–Crippen LogP) is 3.30. The van der Waals surface area contributed by atoms with Gasteiger partial charge in [-0.1, -0.05) is 0 Å². The first-order valence-electron chi connectivity index (χ1n) is 3.99. The zero-order valence-corrected chi connectivity index (χ0v) is 10.7. The molecule has 0 amide bonds. The molecule has 15 heavy (non-hydrogen) atoms. The molecule has 1 heterocycles. The van der Waals surface area contributed by atoms with E-state index in [1.165, 1.54) is 0 Å². The van der Waals surface area contributed by atoms with Crippen LogP contribution in [0, 0.1) is 17.0 Å². The molecule has 0 bridgehead atoms. The lowest BCUT2D eigenvalue weighted by molar-refractivity contribution is -0.384. The smallest absolute Gasteiger partial charge is 0.312 e. The average Bonchev–Trinajstić information content (AvgIpc) is 2.46. The minimum Gasteiger partial charge on any atom is -0.342 e. The normalized spacial score (nSPS) is 10.9. The minimum atomic E-state index is -0.447. The second-order valence-corrected chi connectivity index (χ2v) is 4.64. The molecule has 1 N–H and O–H groups in total. The number of fused-ring (bicyclic) bond motifs is 1. The van der Waals surface area contributed by atoms with Crippen molar-refractivity contribution in [2.75, 3.05) is 0 Å². The van der Waals surface area contributed by atoms with Crippen molar-refractivity contribution in [3.05, 3.63) is 31.0 Å². The van der Waals surface area contributed by atoms with Gasteiger partial charge in [-0.25, -0.2) is 4.98 Å². The van der Waals surface area contributed by atoms with Gasteiger partial charge in [0.25, 0.3) is 0 Å². The summed E-state index contributed by atoms with van der Waals surface area (Å²) in [4.78, 5) is 17.5. The molecule has 0 aliphatic rings. The van der Waals surface area contributed by atoms with E-state index in [1.54, 1.807) is 13.0 Å². The van der Waals surface area contributed by atoms with E-state index in [1.807, 2.05) is 0 Å². The number of imidazole rings is 1. The maximum absolute atomic E-state index is 10.9. The van der Waals surface area contributed by atoms with E-state index in [9.17, 15) is 10.1 Å². The van der Waals surface area contributed by atoms with E-state index >= 15 is 0 Å². The van der Waals surface area contributed by atoms with E-state index in [0.29, 0.717) is 25.8 Å². The maximum atomic E-state index is 10.9. The molecule has 0 aliphatic heterocycles. The third kappa shape index (κ3) is 1.65. The number of hydrogen-bond donors (Lipinski definition) is 1. The van der Waals surface area contributed by atoms with Crippen molar-refractivity contribution in [2.45, 2.75) is 6.92 Å². The van der Waals surface area contributed by atoms with E-state index in [0.717, 1.165) is 0 Å². The van der Waals surface area contributed by atoms with Gasteiger partial charge >= 0.3 is 5.69 Å². The number of halogens is 2. The Hall–Kier alpha value is -0.950. The van der Waals surface area contributed by atoms with E-state index in [2.05, 4.69) is 41.8 Å². The van der Waals surface area contributed by atoms with Gasteiger partial charge in [-0.3, -0.25) is 10.1 Å². The van der Waals surface area contributed by atoms with Gasteiger partial charge in [0, 0.05) is 4.47 Å². The van der Waals surface area contributed by atoms with Gasteiger partial charge in [0.1, 0.15) is 10.3 Å². The number of H-pyrrole nitrogens is 1. The molecule has 0 aliphatic carbocycles. The van der Waals surface area contributed by atoms with Gasteiger partial charge < -0.3 is 4.98 Å². The molecule has 0 spiro atoms. The Morgan fingerprint density at radius 1 is 1.53 bits per heavy atom. The largest absolute Gasteiger partial charge is 0.342 e. The number of nitrogens with zero attached hydrogens (tertiary/aromatic N) is 2. The molecule has 2 aromatic rings. The van der Waals surface area contributed by atoms with Crippen LogP contribution in [0.1, 0.15) is 5.82 Å². The van der Waals surface area contributed by atoms with Crippen LogP contribution in [0.15, 0.2) is 15.0 Å². The van der Waals surface area contributed by atoms with Crippen LogP contribution in [0.25, 0.3) is 11.0 Å². The number of aromatic nitrogens is 2. The number of hydrogen-bond acceptors (Lipinski definition) is 3. The predicted molar refractivity (Wildman–Crippen MR) is 62.9 cm³/mol.